The van der Waals surface area contributed by atoms with Gasteiger partial charge in [0.25, 0.3) is 5.91 Å². The normalized spacial score (nSPS) is 27.0. The summed E-state index contributed by atoms with van der Waals surface area (Å²) in [4.78, 5) is 17.6. The molecule has 1 saturated carbocycles. The molecule has 2 atom stereocenters. The number of nitrogens with zero attached hydrogens (tertiary/aromatic N) is 2. The van der Waals surface area contributed by atoms with Crippen LogP contribution >= 0.6 is 0 Å². The fourth-order valence-electron chi connectivity index (χ4n) is 4.61. The zero-order valence-corrected chi connectivity index (χ0v) is 15.0. The van der Waals surface area contributed by atoms with Crippen LogP contribution in [0.15, 0.2) is 18.2 Å². The molecule has 0 spiro atoms. The van der Waals surface area contributed by atoms with Crippen molar-refractivity contribution in [3.05, 3.63) is 23.8 Å². The van der Waals surface area contributed by atoms with Crippen molar-refractivity contribution in [2.24, 2.45) is 11.8 Å². The van der Waals surface area contributed by atoms with Crippen molar-refractivity contribution in [3.8, 4) is 11.5 Å². The Bertz CT molecular complexity index is 644. The summed E-state index contributed by atoms with van der Waals surface area (Å²) in [6.45, 7) is 3.90. The summed E-state index contributed by atoms with van der Waals surface area (Å²) >= 11 is 0. The molecule has 1 aromatic rings. The van der Waals surface area contributed by atoms with Crippen molar-refractivity contribution in [1.82, 2.24) is 9.80 Å². The van der Waals surface area contributed by atoms with E-state index >= 15 is 0 Å². The first-order chi connectivity index (χ1) is 12.2. The summed E-state index contributed by atoms with van der Waals surface area (Å²) in [5.41, 5.74) is 0.353. The van der Waals surface area contributed by atoms with Gasteiger partial charge < -0.3 is 14.7 Å². The number of carbonyl (C=O) groups excluding carboxylic acids is 1. The van der Waals surface area contributed by atoms with Crippen molar-refractivity contribution < 1.29 is 14.6 Å². The number of amides is 1. The zero-order valence-electron chi connectivity index (χ0n) is 15.0. The van der Waals surface area contributed by atoms with Gasteiger partial charge >= 0.3 is 0 Å². The van der Waals surface area contributed by atoms with Crippen molar-refractivity contribution in [2.45, 2.75) is 38.1 Å². The molecule has 2 bridgehead atoms. The number of hydrogen-bond donors (Lipinski definition) is 1. The molecule has 0 aromatic heterocycles. The molecule has 5 heteroatoms. The summed E-state index contributed by atoms with van der Waals surface area (Å²) in [5, 5.41) is 10.3. The number of para-hydroxylation sites is 1. The van der Waals surface area contributed by atoms with Gasteiger partial charge in [-0.1, -0.05) is 12.5 Å². The van der Waals surface area contributed by atoms with Gasteiger partial charge in [-0.25, -0.2) is 0 Å². The fourth-order valence-corrected chi connectivity index (χ4v) is 4.61. The second kappa shape index (κ2) is 6.87. The highest BCUT2D eigenvalue weighted by atomic mass is 16.5. The Labute approximate surface area is 149 Å². The standard InChI is InChI=1S/C20H28N2O3/c1-25-18-7-3-6-17(19(18)23)20(24)22-12-15-8-9-16(13-22)21(11-15)10-14-4-2-5-14/h3,6-7,14-16,23H,2,4-5,8-13H2,1H3/t15-,16-/m0/s1. The highest BCUT2D eigenvalue weighted by molar-refractivity contribution is 5.97. The third kappa shape index (κ3) is 3.22. The second-order valence-electron chi connectivity index (χ2n) is 7.91. The number of methoxy groups -OCH3 is 1. The SMILES string of the molecule is COc1cccc(C(=O)N2C[C@H]3CC[C@@H](C2)N(CC2CCC2)C3)c1O. The fraction of sp³-hybridized carbons (Fsp3) is 0.650. The summed E-state index contributed by atoms with van der Waals surface area (Å²) in [7, 11) is 1.51. The molecule has 4 fully saturated rings. The van der Waals surface area contributed by atoms with Crippen molar-refractivity contribution in [2.75, 3.05) is 33.3 Å². The van der Waals surface area contributed by atoms with E-state index in [9.17, 15) is 9.90 Å². The minimum atomic E-state index is -0.0706. The topological polar surface area (TPSA) is 53.0 Å². The van der Waals surface area contributed by atoms with Gasteiger partial charge in [-0.2, -0.15) is 0 Å². The largest absolute Gasteiger partial charge is 0.504 e. The number of fused-ring (bicyclic) bond motifs is 4. The van der Waals surface area contributed by atoms with Gasteiger partial charge in [0.2, 0.25) is 0 Å². The highest BCUT2D eigenvalue weighted by Gasteiger charge is 2.38. The minimum Gasteiger partial charge on any atom is -0.504 e. The molecule has 1 aromatic carbocycles. The molecule has 1 aliphatic carbocycles. The Morgan fingerprint density at radius 1 is 1.20 bits per heavy atom. The third-order valence-electron chi connectivity index (χ3n) is 6.28. The Kier molecular flexibility index (Phi) is 4.59. The number of phenols is 1. The molecule has 3 saturated heterocycles. The molecule has 4 aliphatic rings. The number of ether oxygens (including phenoxy) is 1. The summed E-state index contributed by atoms with van der Waals surface area (Å²) in [6, 6.07) is 5.61. The molecule has 25 heavy (non-hydrogen) atoms. The van der Waals surface area contributed by atoms with Crippen LogP contribution in [0.25, 0.3) is 0 Å². The second-order valence-corrected chi connectivity index (χ2v) is 7.91. The highest BCUT2D eigenvalue weighted by Crippen LogP contribution is 2.35. The van der Waals surface area contributed by atoms with Crippen LogP contribution in [0.1, 0.15) is 42.5 Å². The smallest absolute Gasteiger partial charge is 0.257 e. The lowest BCUT2D eigenvalue weighted by atomic mass is 9.83. The van der Waals surface area contributed by atoms with E-state index in [0.717, 1.165) is 25.6 Å². The summed E-state index contributed by atoms with van der Waals surface area (Å²) in [6.07, 6.45) is 6.51. The van der Waals surface area contributed by atoms with Gasteiger partial charge in [-0.05, 0) is 49.7 Å². The maximum absolute atomic E-state index is 13.0. The van der Waals surface area contributed by atoms with Crippen LogP contribution in [-0.4, -0.2) is 60.1 Å². The number of phenolic OH excluding ortho intramolecular Hbond substituents is 1. The van der Waals surface area contributed by atoms with Gasteiger partial charge in [0.05, 0.1) is 12.7 Å². The predicted octanol–water partition coefficient (Wildman–Crippen LogP) is 2.74. The van der Waals surface area contributed by atoms with Gasteiger partial charge in [-0.3, -0.25) is 9.69 Å². The predicted molar refractivity (Wildman–Crippen MR) is 96.0 cm³/mol. The maximum atomic E-state index is 13.0. The van der Waals surface area contributed by atoms with Crippen molar-refractivity contribution >= 4 is 5.91 Å². The van der Waals surface area contributed by atoms with Gasteiger partial charge in [0.1, 0.15) is 0 Å². The molecule has 0 unspecified atom stereocenters. The van der Waals surface area contributed by atoms with Crippen molar-refractivity contribution in [3.63, 3.8) is 0 Å². The van der Waals surface area contributed by atoms with E-state index in [0.29, 0.717) is 23.3 Å². The van der Waals surface area contributed by atoms with E-state index in [1.807, 2.05) is 4.90 Å². The van der Waals surface area contributed by atoms with Crippen LogP contribution in [0, 0.1) is 11.8 Å². The first kappa shape index (κ1) is 16.7. The Morgan fingerprint density at radius 3 is 2.76 bits per heavy atom. The number of piperidine rings is 1. The average molecular weight is 344 g/mol. The van der Waals surface area contributed by atoms with Gasteiger partial charge in [0, 0.05) is 32.2 Å². The van der Waals surface area contributed by atoms with Crippen LogP contribution in [0.2, 0.25) is 0 Å². The van der Waals surface area contributed by atoms with E-state index in [1.165, 1.54) is 45.8 Å². The lowest BCUT2D eigenvalue weighted by Gasteiger charge is -2.40. The number of aromatic hydroxyl groups is 1. The molecule has 136 valence electrons. The lowest BCUT2D eigenvalue weighted by molar-refractivity contribution is 0.0714. The monoisotopic (exact) mass is 344 g/mol. The summed E-state index contributed by atoms with van der Waals surface area (Å²) < 4.78 is 5.15. The Balaban J connectivity index is 1.50. The third-order valence-corrected chi connectivity index (χ3v) is 6.28. The molecule has 0 radical (unpaired) electrons. The number of rotatable bonds is 4. The lowest BCUT2D eigenvalue weighted by Crippen LogP contribution is -2.47. The van der Waals surface area contributed by atoms with Crippen molar-refractivity contribution in [1.29, 1.82) is 0 Å². The van der Waals surface area contributed by atoms with E-state index in [4.69, 9.17) is 4.74 Å². The number of benzene rings is 1. The quantitative estimate of drug-likeness (QED) is 0.912. The molecular weight excluding hydrogens is 316 g/mol. The molecular formula is C20H28N2O3. The molecule has 1 N–H and O–H groups in total. The molecule has 5 rings (SSSR count). The molecule has 5 nitrogen and oxygen atoms in total. The van der Waals surface area contributed by atoms with E-state index in [1.54, 1.807) is 18.2 Å². The van der Waals surface area contributed by atoms with Crippen LogP contribution in [0.4, 0.5) is 0 Å². The van der Waals surface area contributed by atoms with Crippen LogP contribution in [-0.2, 0) is 0 Å². The van der Waals surface area contributed by atoms with Crippen LogP contribution in [0.5, 0.6) is 11.5 Å². The van der Waals surface area contributed by atoms with Gasteiger partial charge in [-0.15, -0.1) is 0 Å². The number of hydrogen-bond acceptors (Lipinski definition) is 4. The molecule has 1 amide bonds. The average Bonchev–Trinajstić information content (AvgIpc) is 2.89. The zero-order chi connectivity index (χ0) is 17.4. The maximum Gasteiger partial charge on any atom is 0.257 e. The molecule has 3 aliphatic heterocycles. The Hall–Kier alpha value is -1.75. The molecule has 3 heterocycles. The first-order valence-corrected chi connectivity index (χ1v) is 9.55. The summed E-state index contributed by atoms with van der Waals surface area (Å²) in [5.74, 6) is 1.66. The Morgan fingerprint density at radius 2 is 2.04 bits per heavy atom. The van der Waals surface area contributed by atoms with E-state index in [-0.39, 0.29) is 11.7 Å². The van der Waals surface area contributed by atoms with E-state index < -0.39 is 0 Å². The van der Waals surface area contributed by atoms with Crippen LogP contribution in [0.3, 0.4) is 0 Å². The van der Waals surface area contributed by atoms with Gasteiger partial charge in [0.15, 0.2) is 11.5 Å². The number of carbonyl (C=O) groups is 1. The minimum absolute atomic E-state index is 0.0436. The first-order valence-electron chi connectivity index (χ1n) is 9.55. The van der Waals surface area contributed by atoms with Crippen LogP contribution < -0.4 is 4.74 Å². The van der Waals surface area contributed by atoms with E-state index in [2.05, 4.69) is 4.90 Å².